The SMILES string of the molecule is C[C@@H](C(CC(C)(C)O)S(=O)(=O)c1ccccc1)[C@@H]1CC[C@H]2[C@@H]3CC=C4C[C@](O)(C(F)(F)F)CC[C@]4(C)[C@H]3CC[C@@]21C. The number of allylic oxidation sites excluding steroid dienone is 1. The van der Waals surface area contributed by atoms with Gasteiger partial charge in [-0.3, -0.25) is 0 Å². The molecule has 3 saturated carbocycles. The highest BCUT2D eigenvalue weighted by atomic mass is 32.2. The van der Waals surface area contributed by atoms with Gasteiger partial charge in [-0.25, -0.2) is 8.42 Å². The molecule has 3 fully saturated rings. The highest BCUT2D eigenvalue weighted by Gasteiger charge is 2.64. The van der Waals surface area contributed by atoms with E-state index in [2.05, 4.69) is 20.8 Å². The van der Waals surface area contributed by atoms with E-state index in [4.69, 9.17) is 0 Å². The smallest absolute Gasteiger partial charge is 0.390 e. The van der Waals surface area contributed by atoms with E-state index in [0.29, 0.717) is 23.2 Å². The number of benzene rings is 1. The molecule has 1 unspecified atom stereocenters. The second kappa shape index (κ2) is 10.1. The van der Waals surface area contributed by atoms with Crippen molar-refractivity contribution in [2.75, 3.05) is 0 Å². The molecule has 0 aliphatic heterocycles. The minimum atomic E-state index is -4.63. The minimum Gasteiger partial charge on any atom is -0.390 e. The topological polar surface area (TPSA) is 74.6 Å². The van der Waals surface area contributed by atoms with E-state index < -0.39 is 32.5 Å². The fourth-order valence-electron chi connectivity index (χ4n) is 9.91. The van der Waals surface area contributed by atoms with Crippen LogP contribution in [-0.2, 0) is 9.84 Å². The standard InChI is InChI=1S/C33H47F3O4S/c1-21(28(20-29(2,3)37)41(39,40)23-9-7-6-8-10-23)25-13-14-26-24-12-11-22-19-32(38,33(34,35)36)18-17-30(22,4)27(24)15-16-31(25,26)5/h6-11,21,24-28,37-38H,12-20H2,1-5H3/t21-,24+,25+,26+,27+,28?,30+,31-,32+/m1/s1. The zero-order chi connectivity index (χ0) is 30.2. The molecule has 0 radical (unpaired) electrons. The normalized spacial score (nSPS) is 39.2. The van der Waals surface area contributed by atoms with Gasteiger partial charge >= 0.3 is 6.18 Å². The first-order valence-electron chi connectivity index (χ1n) is 15.3. The third kappa shape index (κ3) is 5.12. The molecule has 9 atom stereocenters. The van der Waals surface area contributed by atoms with Gasteiger partial charge in [0.1, 0.15) is 0 Å². The van der Waals surface area contributed by atoms with Crippen molar-refractivity contribution in [2.45, 2.75) is 120 Å². The molecule has 230 valence electrons. The van der Waals surface area contributed by atoms with Crippen molar-refractivity contribution in [1.82, 2.24) is 0 Å². The Hall–Kier alpha value is -1.38. The van der Waals surface area contributed by atoms with E-state index in [1.54, 1.807) is 44.2 Å². The molecular formula is C33H47F3O4S. The zero-order valence-electron chi connectivity index (χ0n) is 25.0. The highest BCUT2D eigenvalue weighted by molar-refractivity contribution is 7.92. The maximum absolute atomic E-state index is 14.0. The summed E-state index contributed by atoms with van der Waals surface area (Å²) in [6, 6.07) is 8.55. The summed E-state index contributed by atoms with van der Waals surface area (Å²) in [6.45, 7) is 9.85. The number of hydrogen-bond acceptors (Lipinski definition) is 4. The van der Waals surface area contributed by atoms with E-state index in [1.807, 2.05) is 6.08 Å². The Morgan fingerprint density at radius 1 is 1.00 bits per heavy atom. The molecule has 41 heavy (non-hydrogen) atoms. The Bertz CT molecular complexity index is 1270. The van der Waals surface area contributed by atoms with Crippen LogP contribution in [0.3, 0.4) is 0 Å². The molecule has 0 spiro atoms. The summed E-state index contributed by atoms with van der Waals surface area (Å²) in [4.78, 5) is 0.290. The van der Waals surface area contributed by atoms with Crippen LogP contribution in [0.2, 0.25) is 0 Å². The highest BCUT2D eigenvalue weighted by Crippen LogP contribution is 2.68. The zero-order valence-corrected chi connectivity index (χ0v) is 25.9. The molecule has 2 N–H and O–H groups in total. The predicted molar refractivity (Wildman–Crippen MR) is 154 cm³/mol. The van der Waals surface area contributed by atoms with Crippen LogP contribution < -0.4 is 0 Å². The van der Waals surface area contributed by atoms with Crippen molar-refractivity contribution in [3.63, 3.8) is 0 Å². The quantitative estimate of drug-likeness (QED) is 0.334. The van der Waals surface area contributed by atoms with Gasteiger partial charge in [-0.05, 0) is 118 Å². The van der Waals surface area contributed by atoms with Crippen molar-refractivity contribution in [2.24, 2.45) is 40.4 Å². The van der Waals surface area contributed by atoms with Crippen LogP contribution in [0.5, 0.6) is 0 Å². The van der Waals surface area contributed by atoms with Gasteiger partial charge in [0.2, 0.25) is 0 Å². The maximum atomic E-state index is 14.0. The summed E-state index contributed by atoms with van der Waals surface area (Å²) in [5.74, 6) is 0.982. The summed E-state index contributed by atoms with van der Waals surface area (Å²) in [6.07, 6.45) is 1.73. The Morgan fingerprint density at radius 3 is 2.27 bits per heavy atom. The Balaban J connectivity index is 1.43. The number of aliphatic hydroxyl groups is 2. The first-order valence-corrected chi connectivity index (χ1v) is 16.9. The van der Waals surface area contributed by atoms with Gasteiger partial charge in [-0.15, -0.1) is 0 Å². The number of alkyl halides is 3. The van der Waals surface area contributed by atoms with Crippen molar-refractivity contribution >= 4 is 9.84 Å². The number of fused-ring (bicyclic) bond motifs is 5. The average Bonchev–Trinajstić information content (AvgIpc) is 3.24. The lowest BCUT2D eigenvalue weighted by molar-refractivity contribution is -0.271. The van der Waals surface area contributed by atoms with Gasteiger partial charge in [0, 0.05) is 6.42 Å². The first-order chi connectivity index (χ1) is 18.8. The number of hydrogen-bond donors (Lipinski definition) is 2. The van der Waals surface area contributed by atoms with Crippen LogP contribution in [-0.4, -0.2) is 41.3 Å². The largest absolute Gasteiger partial charge is 0.417 e. The molecule has 1 aromatic rings. The molecular weight excluding hydrogens is 549 g/mol. The van der Waals surface area contributed by atoms with E-state index in [0.717, 1.165) is 37.7 Å². The van der Waals surface area contributed by atoms with Crippen LogP contribution in [0.15, 0.2) is 46.9 Å². The summed E-state index contributed by atoms with van der Waals surface area (Å²) in [5, 5.41) is 20.6. The molecule has 0 amide bonds. The lowest BCUT2D eigenvalue weighted by Gasteiger charge is -2.59. The van der Waals surface area contributed by atoms with Crippen molar-refractivity contribution < 1.29 is 31.8 Å². The van der Waals surface area contributed by atoms with Crippen LogP contribution in [0.1, 0.15) is 92.4 Å². The lowest BCUT2D eigenvalue weighted by atomic mass is 9.46. The lowest BCUT2D eigenvalue weighted by Crippen LogP contribution is -2.56. The third-order valence-corrected chi connectivity index (χ3v) is 14.5. The summed E-state index contributed by atoms with van der Waals surface area (Å²) in [5.41, 5.74) is -3.42. The van der Waals surface area contributed by atoms with Gasteiger partial charge in [-0.1, -0.05) is 50.6 Å². The Labute approximate surface area is 243 Å². The summed E-state index contributed by atoms with van der Waals surface area (Å²) < 4.78 is 69.1. The molecule has 5 rings (SSSR count). The van der Waals surface area contributed by atoms with Crippen molar-refractivity contribution in [3.05, 3.63) is 42.0 Å². The molecule has 0 aromatic heterocycles. The second-order valence-electron chi connectivity index (χ2n) is 15.0. The summed E-state index contributed by atoms with van der Waals surface area (Å²) >= 11 is 0. The van der Waals surface area contributed by atoms with Crippen LogP contribution >= 0.6 is 0 Å². The molecule has 0 heterocycles. The van der Waals surface area contributed by atoms with Crippen LogP contribution in [0.25, 0.3) is 0 Å². The number of sulfone groups is 1. The third-order valence-electron chi connectivity index (χ3n) is 12.2. The van der Waals surface area contributed by atoms with Gasteiger partial charge < -0.3 is 10.2 Å². The number of rotatable bonds is 6. The van der Waals surface area contributed by atoms with E-state index in [9.17, 15) is 31.8 Å². The van der Waals surface area contributed by atoms with Gasteiger partial charge in [0.05, 0.1) is 15.7 Å². The molecule has 4 aliphatic carbocycles. The minimum absolute atomic E-state index is 0.0757. The summed E-state index contributed by atoms with van der Waals surface area (Å²) in [7, 11) is -3.69. The fraction of sp³-hybridized carbons (Fsp3) is 0.758. The molecule has 4 aliphatic rings. The van der Waals surface area contributed by atoms with Gasteiger partial charge in [-0.2, -0.15) is 13.2 Å². The Morgan fingerprint density at radius 2 is 1.66 bits per heavy atom. The molecule has 8 heteroatoms. The molecule has 4 nitrogen and oxygen atoms in total. The van der Waals surface area contributed by atoms with E-state index in [1.165, 1.54) is 0 Å². The maximum Gasteiger partial charge on any atom is 0.417 e. The monoisotopic (exact) mass is 596 g/mol. The van der Waals surface area contributed by atoms with Crippen LogP contribution in [0, 0.1) is 40.4 Å². The molecule has 1 aromatic carbocycles. The fourth-order valence-corrected chi connectivity index (χ4v) is 12.2. The van der Waals surface area contributed by atoms with E-state index >= 15 is 0 Å². The van der Waals surface area contributed by atoms with Crippen molar-refractivity contribution in [3.8, 4) is 0 Å². The predicted octanol–water partition coefficient (Wildman–Crippen LogP) is 7.50. The molecule has 0 bridgehead atoms. The van der Waals surface area contributed by atoms with Gasteiger partial charge in [0.25, 0.3) is 0 Å². The molecule has 0 saturated heterocycles. The Kier molecular flexibility index (Phi) is 7.64. The van der Waals surface area contributed by atoms with Gasteiger partial charge in [0.15, 0.2) is 15.4 Å². The van der Waals surface area contributed by atoms with Crippen LogP contribution in [0.4, 0.5) is 13.2 Å². The first kappa shape index (κ1) is 31.1. The van der Waals surface area contributed by atoms with E-state index in [-0.39, 0.29) is 47.8 Å². The average molecular weight is 597 g/mol. The number of halogens is 3. The second-order valence-corrected chi connectivity index (χ2v) is 17.1. The van der Waals surface area contributed by atoms with Crippen molar-refractivity contribution in [1.29, 1.82) is 0 Å².